The highest BCUT2D eigenvalue weighted by Gasteiger charge is 2.04. The van der Waals surface area contributed by atoms with Crippen LogP contribution in [0.5, 0.6) is 0 Å². The van der Waals surface area contributed by atoms with Gasteiger partial charge in [-0.15, -0.1) is 0 Å². The molecule has 0 unspecified atom stereocenters. The Bertz CT molecular complexity index is 490. The van der Waals surface area contributed by atoms with Gasteiger partial charge in [-0.3, -0.25) is 0 Å². The van der Waals surface area contributed by atoms with Crippen molar-refractivity contribution in [2.75, 3.05) is 6.54 Å². The van der Waals surface area contributed by atoms with Gasteiger partial charge in [-0.1, -0.05) is 31.4 Å². The molecule has 102 valence electrons. The van der Waals surface area contributed by atoms with E-state index in [9.17, 15) is 0 Å². The van der Waals surface area contributed by atoms with Crippen molar-refractivity contribution < 1.29 is 4.42 Å². The third kappa shape index (κ3) is 4.41. The number of halogens is 1. The highest BCUT2D eigenvalue weighted by atomic mass is 35.5. The second-order valence-corrected chi connectivity index (χ2v) is 5.09. The molecule has 0 spiro atoms. The summed E-state index contributed by atoms with van der Waals surface area (Å²) in [4.78, 5) is 0. The van der Waals surface area contributed by atoms with E-state index in [2.05, 4.69) is 12.2 Å². The highest BCUT2D eigenvalue weighted by Crippen LogP contribution is 2.23. The van der Waals surface area contributed by atoms with Crippen LogP contribution in [0.1, 0.15) is 31.9 Å². The molecule has 0 bridgehead atoms. The van der Waals surface area contributed by atoms with E-state index in [1.54, 1.807) is 0 Å². The molecule has 2 aromatic rings. The fraction of sp³-hybridized carbons (Fsp3) is 0.375. The molecule has 0 atom stereocenters. The monoisotopic (exact) mass is 277 g/mol. The van der Waals surface area contributed by atoms with E-state index in [1.165, 1.54) is 19.3 Å². The van der Waals surface area contributed by atoms with Gasteiger partial charge >= 0.3 is 0 Å². The largest absolute Gasteiger partial charge is 0.460 e. The molecule has 0 saturated heterocycles. The highest BCUT2D eigenvalue weighted by molar-refractivity contribution is 6.30. The van der Waals surface area contributed by atoms with Crippen LogP contribution in [0.15, 0.2) is 40.8 Å². The molecule has 1 N–H and O–H groups in total. The van der Waals surface area contributed by atoms with Gasteiger partial charge in [0.25, 0.3) is 0 Å². The Labute approximate surface area is 119 Å². The summed E-state index contributed by atoms with van der Waals surface area (Å²) in [5.41, 5.74) is 1.06. The lowest BCUT2D eigenvalue weighted by Crippen LogP contribution is -2.13. The van der Waals surface area contributed by atoms with E-state index in [-0.39, 0.29) is 0 Å². The zero-order valence-electron chi connectivity index (χ0n) is 11.3. The van der Waals surface area contributed by atoms with Crippen LogP contribution in [0.4, 0.5) is 0 Å². The van der Waals surface area contributed by atoms with Crippen LogP contribution in [0.25, 0.3) is 11.3 Å². The number of nitrogens with one attached hydrogen (secondary N) is 1. The van der Waals surface area contributed by atoms with Crippen molar-refractivity contribution in [3.63, 3.8) is 0 Å². The molecule has 0 aliphatic rings. The smallest absolute Gasteiger partial charge is 0.134 e. The van der Waals surface area contributed by atoms with Gasteiger partial charge in [-0.25, -0.2) is 0 Å². The zero-order chi connectivity index (χ0) is 13.5. The van der Waals surface area contributed by atoms with Gasteiger partial charge in [-0.05, 0) is 49.4 Å². The van der Waals surface area contributed by atoms with E-state index in [0.29, 0.717) is 0 Å². The summed E-state index contributed by atoms with van der Waals surface area (Å²) >= 11 is 5.87. The first-order valence-electron chi connectivity index (χ1n) is 6.85. The molecule has 1 aromatic heterocycles. The first-order valence-corrected chi connectivity index (χ1v) is 7.23. The van der Waals surface area contributed by atoms with Gasteiger partial charge in [0.2, 0.25) is 0 Å². The van der Waals surface area contributed by atoms with Gasteiger partial charge < -0.3 is 9.73 Å². The summed E-state index contributed by atoms with van der Waals surface area (Å²) in [6.07, 6.45) is 3.76. The van der Waals surface area contributed by atoms with Crippen molar-refractivity contribution in [3.05, 3.63) is 47.2 Å². The Kier molecular flexibility index (Phi) is 5.49. The summed E-state index contributed by atoms with van der Waals surface area (Å²) < 4.78 is 5.81. The molecule has 0 radical (unpaired) electrons. The lowest BCUT2D eigenvalue weighted by molar-refractivity contribution is 0.488. The maximum Gasteiger partial charge on any atom is 0.134 e. The number of furan rings is 1. The van der Waals surface area contributed by atoms with Crippen LogP contribution >= 0.6 is 11.6 Å². The van der Waals surface area contributed by atoms with Gasteiger partial charge in [0.1, 0.15) is 11.5 Å². The van der Waals surface area contributed by atoms with Crippen molar-refractivity contribution in [2.24, 2.45) is 0 Å². The van der Waals surface area contributed by atoms with Crippen molar-refractivity contribution in [1.82, 2.24) is 5.32 Å². The number of unbranched alkanes of at least 4 members (excludes halogenated alkanes) is 2. The van der Waals surface area contributed by atoms with Crippen molar-refractivity contribution in [1.29, 1.82) is 0 Å². The second-order valence-electron chi connectivity index (χ2n) is 4.66. The summed E-state index contributed by atoms with van der Waals surface area (Å²) in [7, 11) is 0. The second kappa shape index (κ2) is 7.37. The van der Waals surface area contributed by atoms with Crippen LogP contribution in [-0.4, -0.2) is 6.54 Å². The number of rotatable bonds is 7. The Morgan fingerprint density at radius 2 is 1.84 bits per heavy atom. The minimum atomic E-state index is 0.744. The summed E-state index contributed by atoms with van der Waals surface area (Å²) in [6.45, 7) is 4.05. The maximum atomic E-state index is 5.87. The minimum Gasteiger partial charge on any atom is -0.460 e. The van der Waals surface area contributed by atoms with E-state index in [4.69, 9.17) is 16.0 Å². The van der Waals surface area contributed by atoms with Crippen LogP contribution in [0.3, 0.4) is 0 Å². The zero-order valence-corrected chi connectivity index (χ0v) is 12.0. The van der Waals surface area contributed by atoms with Crippen LogP contribution in [0.2, 0.25) is 5.02 Å². The van der Waals surface area contributed by atoms with E-state index in [1.807, 2.05) is 36.4 Å². The molecular formula is C16H20ClNO. The molecule has 0 aliphatic heterocycles. The van der Waals surface area contributed by atoms with Crippen molar-refractivity contribution in [2.45, 2.75) is 32.7 Å². The Morgan fingerprint density at radius 1 is 1.05 bits per heavy atom. The molecule has 0 amide bonds. The molecule has 0 aliphatic carbocycles. The fourth-order valence-electron chi connectivity index (χ4n) is 1.95. The normalized spacial score (nSPS) is 10.8. The topological polar surface area (TPSA) is 25.2 Å². The molecule has 19 heavy (non-hydrogen) atoms. The molecule has 2 nitrogen and oxygen atoms in total. The van der Waals surface area contributed by atoms with E-state index in [0.717, 1.165) is 35.2 Å². The molecule has 3 heteroatoms. The van der Waals surface area contributed by atoms with Gasteiger partial charge in [-0.2, -0.15) is 0 Å². The van der Waals surface area contributed by atoms with E-state index < -0.39 is 0 Å². The SMILES string of the molecule is CCCCCNCc1ccc(-c2ccc(Cl)cc2)o1. The third-order valence-electron chi connectivity index (χ3n) is 3.05. The average molecular weight is 278 g/mol. The lowest BCUT2D eigenvalue weighted by Gasteiger charge is -2.01. The Balaban J connectivity index is 1.86. The Morgan fingerprint density at radius 3 is 2.58 bits per heavy atom. The van der Waals surface area contributed by atoms with Crippen LogP contribution in [0, 0.1) is 0 Å². The van der Waals surface area contributed by atoms with Gasteiger partial charge in [0.05, 0.1) is 6.54 Å². The molecule has 1 heterocycles. The quantitative estimate of drug-likeness (QED) is 0.730. The first-order chi connectivity index (χ1) is 9.29. The summed E-state index contributed by atoms with van der Waals surface area (Å²) in [6, 6.07) is 11.7. The number of benzene rings is 1. The molecule has 0 fully saturated rings. The van der Waals surface area contributed by atoms with E-state index >= 15 is 0 Å². The lowest BCUT2D eigenvalue weighted by atomic mass is 10.2. The van der Waals surface area contributed by atoms with Crippen molar-refractivity contribution in [3.8, 4) is 11.3 Å². The van der Waals surface area contributed by atoms with Gasteiger partial charge in [0, 0.05) is 10.6 Å². The summed E-state index contributed by atoms with van der Waals surface area (Å²) in [5, 5.41) is 4.14. The average Bonchev–Trinajstić information content (AvgIpc) is 2.88. The summed E-state index contributed by atoms with van der Waals surface area (Å²) in [5.74, 6) is 1.86. The predicted octanol–water partition coefficient (Wildman–Crippen LogP) is 4.88. The Hall–Kier alpha value is -1.25. The molecule has 1 aromatic carbocycles. The standard InChI is InChI=1S/C16H20ClNO/c1-2-3-4-11-18-12-15-9-10-16(19-15)13-5-7-14(17)8-6-13/h5-10,18H,2-4,11-12H2,1H3. The molecule has 2 rings (SSSR count). The third-order valence-corrected chi connectivity index (χ3v) is 3.30. The molecular weight excluding hydrogens is 258 g/mol. The predicted molar refractivity (Wildman–Crippen MR) is 80.4 cm³/mol. The fourth-order valence-corrected chi connectivity index (χ4v) is 2.08. The number of hydrogen-bond acceptors (Lipinski definition) is 2. The van der Waals surface area contributed by atoms with Crippen molar-refractivity contribution >= 4 is 11.6 Å². The molecule has 0 saturated carbocycles. The maximum absolute atomic E-state index is 5.87. The minimum absolute atomic E-state index is 0.744. The van der Waals surface area contributed by atoms with Crippen LogP contribution in [-0.2, 0) is 6.54 Å². The first kappa shape index (κ1) is 14.2. The number of hydrogen-bond donors (Lipinski definition) is 1. The van der Waals surface area contributed by atoms with Gasteiger partial charge in [0.15, 0.2) is 0 Å². The van der Waals surface area contributed by atoms with Crippen LogP contribution < -0.4 is 5.32 Å².